The highest BCUT2D eigenvalue weighted by atomic mass is 16.5. The van der Waals surface area contributed by atoms with E-state index in [9.17, 15) is 4.79 Å². The van der Waals surface area contributed by atoms with Gasteiger partial charge in [0, 0.05) is 30.5 Å². The van der Waals surface area contributed by atoms with E-state index in [0.717, 1.165) is 18.6 Å². The number of nitrogens with zero attached hydrogens (tertiary/aromatic N) is 2. The lowest BCUT2D eigenvalue weighted by molar-refractivity contribution is 0.0814. The molecule has 10 nitrogen and oxygen atoms in total. The monoisotopic (exact) mass is 511 g/mol. The molecule has 198 valence electrons. The summed E-state index contributed by atoms with van der Waals surface area (Å²) in [6, 6.07) is 12.4. The van der Waals surface area contributed by atoms with Gasteiger partial charge in [0.2, 0.25) is 5.75 Å². The molecule has 1 saturated heterocycles. The third-order valence-corrected chi connectivity index (χ3v) is 6.01. The number of rotatable bonds is 11. The van der Waals surface area contributed by atoms with Gasteiger partial charge in [-0.25, -0.2) is 4.79 Å². The maximum atomic E-state index is 13.3. The van der Waals surface area contributed by atoms with E-state index in [4.69, 9.17) is 28.2 Å². The van der Waals surface area contributed by atoms with Crippen molar-refractivity contribution in [2.75, 3.05) is 46.4 Å². The van der Waals surface area contributed by atoms with Crippen molar-refractivity contribution >= 4 is 11.7 Å². The van der Waals surface area contributed by atoms with Crippen LogP contribution in [0.1, 0.15) is 25.5 Å². The van der Waals surface area contributed by atoms with Crippen LogP contribution in [0.2, 0.25) is 0 Å². The maximum absolute atomic E-state index is 13.3. The highest BCUT2D eigenvalue weighted by Gasteiger charge is 2.25. The molecule has 2 heterocycles. The van der Waals surface area contributed by atoms with Crippen molar-refractivity contribution in [3.63, 3.8) is 0 Å². The molecule has 37 heavy (non-hydrogen) atoms. The van der Waals surface area contributed by atoms with Crippen LogP contribution in [0.15, 0.2) is 47.0 Å². The number of ether oxygens (including phenoxy) is 5. The van der Waals surface area contributed by atoms with Crippen LogP contribution in [-0.2, 0) is 11.3 Å². The van der Waals surface area contributed by atoms with Gasteiger partial charge in [0.05, 0.1) is 40.6 Å². The van der Waals surface area contributed by atoms with Crippen LogP contribution < -0.4 is 24.3 Å². The third-order valence-electron chi connectivity index (χ3n) is 6.01. The van der Waals surface area contributed by atoms with Gasteiger partial charge in [-0.15, -0.1) is 0 Å². The van der Waals surface area contributed by atoms with E-state index in [1.807, 2.05) is 31.2 Å². The molecule has 0 aliphatic carbocycles. The van der Waals surface area contributed by atoms with Crippen LogP contribution in [0.4, 0.5) is 10.5 Å². The molecule has 0 radical (unpaired) electrons. The first-order valence-electron chi connectivity index (χ1n) is 12.2. The normalized spacial score (nSPS) is 14.8. The number of anilines is 1. The molecule has 1 N–H and O–H groups in total. The lowest BCUT2D eigenvalue weighted by Gasteiger charge is -2.25. The summed E-state index contributed by atoms with van der Waals surface area (Å²) in [4.78, 5) is 14.9. The Morgan fingerprint density at radius 2 is 1.81 bits per heavy atom. The molecule has 1 aromatic heterocycles. The van der Waals surface area contributed by atoms with Crippen LogP contribution in [-0.4, -0.2) is 63.3 Å². The Morgan fingerprint density at radius 1 is 1.08 bits per heavy atom. The number of amides is 2. The predicted molar refractivity (Wildman–Crippen MR) is 138 cm³/mol. The number of carbonyl (C=O) groups is 1. The fourth-order valence-electron chi connectivity index (χ4n) is 4.20. The summed E-state index contributed by atoms with van der Waals surface area (Å²) in [5, 5.41) is 7.17. The number of aromatic nitrogens is 1. The summed E-state index contributed by atoms with van der Waals surface area (Å²) in [5.41, 5.74) is 1.98. The molecule has 4 rings (SSSR count). The van der Waals surface area contributed by atoms with Crippen LogP contribution in [0.5, 0.6) is 23.0 Å². The summed E-state index contributed by atoms with van der Waals surface area (Å²) in [5.74, 6) is 2.76. The maximum Gasteiger partial charge on any atom is 0.322 e. The number of carbonyl (C=O) groups excluding carboxylic acids is 1. The van der Waals surface area contributed by atoms with Crippen LogP contribution >= 0.6 is 0 Å². The highest BCUT2D eigenvalue weighted by molar-refractivity contribution is 5.89. The molecule has 1 atom stereocenters. The molecule has 1 aliphatic heterocycles. The number of benzene rings is 2. The second-order valence-electron chi connectivity index (χ2n) is 8.50. The van der Waals surface area contributed by atoms with Crippen LogP contribution in [0.3, 0.4) is 0 Å². The highest BCUT2D eigenvalue weighted by Crippen LogP contribution is 2.41. The van der Waals surface area contributed by atoms with Gasteiger partial charge in [0.15, 0.2) is 17.3 Å². The van der Waals surface area contributed by atoms with E-state index >= 15 is 0 Å². The first-order valence-corrected chi connectivity index (χ1v) is 12.2. The Labute approximate surface area is 216 Å². The lowest BCUT2D eigenvalue weighted by atomic mass is 10.1. The largest absolute Gasteiger partial charge is 0.494 e. The summed E-state index contributed by atoms with van der Waals surface area (Å²) in [7, 11) is 4.66. The minimum absolute atomic E-state index is 0.0208. The zero-order valence-electron chi connectivity index (χ0n) is 21.6. The zero-order valence-corrected chi connectivity index (χ0v) is 21.6. The van der Waals surface area contributed by atoms with E-state index in [1.165, 1.54) is 0 Å². The van der Waals surface area contributed by atoms with E-state index in [2.05, 4.69) is 10.5 Å². The summed E-state index contributed by atoms with van der Waals surface area (Å²) < 4.78 is 33.2. The SMILES string of the molecule is CCOc1ccc(NC(=O)N(Cc2cc(-c3cc(OC)c(OC)c(OC)c3)on2)C[C@H]2CCCO2)cc1. The van der Waals surface area contributed by atoms with Crippen molar-refractivity contribution in [3.8, 4) is 34.3 Å². The fraction of sp³-hybridized carbons (Fsp3) is 0.407. The van der Waals surface area contributed by atoms with E-state index in [-0.39, 0.29) is 18.7 Å². The second kappa shape index (κ2) is 12.4. The molecule has 10 heteroatoms. The number of methoxy groups -OCH3 is 3. The van der Waals surface area contributed by atoms with Gasteiger partial charge >= 0.3 is 6.03 Å². The summed E-state index contributed by atoms with van der Waals surface area (Å²) in [6.45, 7) is 3.90. The van der Waals surface area contributed by atoms with Gasteiger partial charge in [-0.2, -0.15) is 0 Å². The molecule has 0 spiro atoms. The van der Waals surface area contributed by atoms with Crippen molar-refractivity contribution in [1.82, 2.24) is 10.1 Å². The standard InChI is InChI=1S/C27H33N3O7/c1-5-35-21-10-8-19(9-11-21)28-27(31)30(17-22-7-6-12-36-22)16-20-15-23(37-29-20)18-13-24(32-2)26(34-4)25(14-18)33-3/h8-11,13-15,22H,5-7,12,16-17H2,1-4H3,(H,28,31)/t22-/m1/s1. The fourth-order valence-corrected chi connectivity index (χ4v) is 4.20. The smallest absolute Gasteiger partial charge is 0.322 e. The van der Waals surface area contributed by atoms with Crippen molar-refractivity contribution in [3.05, 3.63) is 48.2 Å². The Morgan fingerprint density at radius 3 is 2.41 bits per heavy atom. The molecule has 0 saturated carbocycles. The van der Waals surface area contributed by atoms with Crippen molar-refractivity contribution in [2.24, 2.45) is 0 Å². The number of hydrogen-bond donors (Lipinski definition) is 1. The van der Waals surface area contributed by atoms with Crippen molar-refractivity contribution < 1.29 is 33.0 Å². The molecule has 2 aromatic carbocycles. The van der Waals surface area contributed by atoms with Gasteiger partial charge in [-0.3, -0.25) is 0 Å². The topological polar surface area (TPSA) is 105 Å². The Kier molecular flexibility index (Phi) is 8.73. The first-order chi connectivity index (χ1) is 18.0. The Balaban J connectivity index is 1.52. The van der Waals surface area contributed by atoms with Gasteiger partial charge in [0.25, 0.3) is 0 Å². The average molecular weight is 512 g/mol. The molecule has 1 aliphatic rings. The van der Waals surface area contributed by atoms with E-state index in [0.29, 0.717) is 59.7 Å². The van der Waals surface area contributed by atoms with Gasteiger partial charge in [-0.05, 0) is 56.2 Å². The van der Waals surface area contributed by atoms with Crippen LogP contribution in [0.25, 0.3) is 11.3 Å². The average Bonchev–Trinajstić information content (AvgIpc) is 3.61. The van der Waals surface area contributed by atoms with Crippen LogP contribution in [0, 0.1) is 0 Å². The van der Waals surface area contributed by atoms with E-state index in [1.54, 1.807) is 44.4 Å². The summed E-state index contributed by atoms with van der Waals surface area (Å²) >= 11 is 0. The minimum atomic E-state index is -0.253. The second-order valence-corrected chi connectivity index (χ2v) is 8.50. The number of urea groups is 1. The number of nitrogens with one attached hydrogen (secondary N) is 1. The predicted octanol–water partition coefficient (Wildman–Crippen LogP) is 4.98. The lowest BCUT2D eigenvalue weighted by Crippen LogP contribution is -2.39. The molecule has 0 bridgehead atoms. The number of hydrogen-bond acceptors (Lipinski definition) is 8. The van der Waals surface area contributed by atoms with Gasteiger partial charge in [-0.1, -0.05) is 5.16 Å². The van der Waals surface area contributed by atoms with Crippen molar-refractivity contribution in [1.29, 1.82) is 0 Å². The van der Waals surface area contributed by atoms with Gasteiger partial charge in [0.1, 0.15) is 11.4 Å². The molecule has 0 unspecified atom stereocenters. The molecule has 2 amide bonds. The molecule has 3 aromatic rings. The molecule has 1 fully saturated rings. The molecular weight excluding hydrogens is 478 g/mol. The minimum Gasteiger partial charge on any atom is -0.494 e. The third kappa shape index (κ3) is 6.45. The van der Waals surface area contributed by atoms with Gasteiger partial charge < -0.3 is 38.4 Å². The quantitative estimate of drug-likeness (QED) is 0.384. The Hall–Kier alpha value is -3.92. The zero-order chi connectivity index (χ0) is 26.2. The first kappa shape index (κ1) is 26.2. The van der Waals surface area contributed by atoms with Crippen molar-refractivity contribution in [2.45, 2.75) is 32.4 Å². The van der Waals surface area contributed by atoms with E-state index < -0.39 is 0 Å². The summed E-state index contributed by atoms with van der Waals surface area (Å²) in [6.07, 6.45) is 1.86. The molecular formula is C27H33N3O7. The Bertz CT molecular complexity index is 1150.